The molecule has 2 heterocycles. The van der Waals surface area contributed by atoms with Crippen LogP contribution >= 0.6 is 0 Å². The highest BCUT2D eigenvalue weighted by molar-refractivity contribution is 5.89. The first-order chi connectivity index (χ1) is 12.5. The summed E-state index contributed by atoms with van der Waals surface area (Å²) in [6, 6.07) is 5.55. The molecule has 2 aromatic carbocycles. The van der Waals surface area contributed by atoms with Gasteiger partial charge in [0.15, 0.2) is 17.2 Å². The van der Waals surface area contributed by atoms with E-state index < -0.39 is 23.3 Å². The van der Waals surface area contributed by atoms with Crippen molar-refractivity contribution in [3.8, 4) is 23.0 Å². The van der Waals surface area contributed by atoms with Crippen molar-refractivity contribution in [2.24, 2.45) is 0 Å². The molecule has 0 unspecified atom stereocenters. The predicted octanol–water partition coefficient (Wildman–Crippen LogP) is 4.17. The summed E-state index contributed by atoms with van der Waals surface area (Å²) in [6.45, 7) is 0. The molecule has 0 bridgehead atoms. The van der Waals surface area contributed by atoms with Gasteiger partial charge in [-0.1, -0.05) is 0 Å². The summed E-state index contributed by atoms with van der Waals surface area (Å²) in [4.78, 5) is 7.78. The smallest absolute Gasteiger partial charge is 0.324 e. The summed E-state index contributed by atoms with van der Waals surface area (Å²) in [5.74, 6) is -3.47. The monoisotopic (exact) mass is 359 g/mol. The Kier molecular flexibility index (Phi) is 3.76. The first-order valence-corrected chi connectivity index (χ1v) is 7.23. The second-order valence-corrected chi connectivity index (χ2v) is 5.21. The van der Waals surface area contributed by atoms with Crippen molar-refractivity contribution >= 4 is 11.0 Å². The molecular weight excluding hydrogens is 352 g/mol. The van der Waals surface area contributed by atoms with Gasteiger partial charge in [0.25, 0.3) is 0 Å². The number of H-pyrrole nitrogens is 1. The van der Waals surface area contributed by atoms with Crippen LogP contribution in [0.2, 0.25) is 0 Å². The highest BCUT2D eigenvalue weighted by atomic mass is 19.1. The van der Waals surface area contributed by atoms with Gasteiger partial charge in [-0.05, 0) is 24.3 Å². The summed E-state index contributed by atoms with van der Waals surface area (Å²) in [6.07, 6.45) is 2.57. The molecular formula is C17H7F4N4O. The fourth-order valence-electron chi connectivity index (χ4n) is 2.32. The molecule has 2 aromatic heterocycles. The van der Waals surface area contributed by atoms with E-state index in [0.29, 0.717) is 6.07 Å². The number of ether oxygens (including phenoxy) is 1. The predicted molar refractivity (Wildman–Crippen MR) is 82.3 cm³/mol. The lowest BCUT2D eigenvalue weighted by atomic mass is 10.1. The van der Waals surface area contributed by atoms with Crippen LogP contribution in [0.25, 0.3) is 22.3 Å². The van der Waals surface area contributed by atoms with Crippen LogP contribution in [0.3, 0.4) is 0 Å². The minimum Gasteiger partial charge on any atom is -0.421 e. The maximum atomic E-state index is 13.9. The van der Waals surface area contributed by atoms with Gasteiger partial charge in [-0.3, -0.25) is 5.10 Å². The number of hydrogen-bond donors (Lipinski definition) is 1. The quantitative estimate of drug-likeness (QED) is 0.558. The highest BCUT2D eigenvalue weighted by Crippen LogP contribution is 2.29. The molecule has 9 heteroatoms. The number of halogens is 4. The van der Waals surface area contributed by atoms with Crippen molar-refractivity contribution in [1.82, 2.24) is 20.2 Å². The normalized spacial score (nSPS) is 11.1. The average molecular weight is 359 g/mol. The maximum Gasteiger partial charge on any atom is 0.324 e. The summed E-state index contributed by atoms with van der Waals surface area (Å²) in [5, 5.41) is 6.72. The molecule has 0 fully saturated rings. The zero-order valence-corrected chi connectivity index (χ0v) is 12.7. The van der Waals surface area contributed by atoms with Crippen molar-refractivity contribution in [3.05, 3.63) is 65.9 Å². The largest absolute Gasteiger partial charge is 0.421 e. The third-order valence-electron chi connectivity index (χ3n) is 3.50. The van der Waals surface area contributed by atoms with Gasteiger partial charge in [-0.2, -0.15) is 15.1 Å². The topological polar surface area (TPSA) is 63.7 Å². The number of aromatic amines is 1. The van der Waals surface area contributed by atoms with Crippen LogP contribution in [-0.2, 0) is 0 Å². The number of aromatic nitrogens is 4. The van der Waals surface area contributed by atoms with Crippen molar-refractivity contribution < 1.29 is 22.3 Å². The molecule has 1 radical (unpaired) electrons. The maximum absolute atomic E-state index is 13.9. The molecule has 0 spiro atoms. The molecule has 0 saturated carbocycles. The second kappa shape index (κ2) is 6.10. The van der Waals surface area contributed by atoms with Crippen molar-refractivity contribution in [1.29, 1.82) is 0 Å². The van der Waals surface area contributed by atoms with Crippen LogP contribution in [0.15, 0.2) is 36.4 Å². The third-order valence-corrected chi connectivity index (χ3v) is 3.50. The molecule has 5 nitrogen and oxygen atoms in total. The lowest BCUT2D eigenvalue weighted by Gasteiger charge is -2.04. The lowest BCUT2D eigenvalue weighted by Crippen LogP contribution is -1.95. The van der Waals surface area contributed by atoms with Crippen LogP contribution in [0, 0.1) is 29.5 Å². The Balaban J connectivity index is 1.71. The fourth-order valence-corrected chi connectivity index (χ4v) is 2.32. The van der Waals surface area contributed by atoms with Gasteiger partial charge in [0.05, 0.1) is 5.39 Å². The van der Waals surface area contributed by atoms with Crippen LogP contribution in [-0.4, -0.2) is 20.2 Å². The zero-order chi connectivity index (χ0) is 18.3. The summed E-state index contributed by atoms with van der Waals surface area (Å²) >= 11 is 0. The van der Waals surface area contributed by atoms with Crippen molar-refractivity contribution in [2.75, 3.05) is 0 Å². The van der Waals surface area contributed by atoms with E-state index in [0.717, 1.165) is 24.3 Å². The molecule has 0 amide bonds. The first-order valence-electron chi connectivity index (χ1n) is 7.23. The number of hydrogen-bond acceptors (Lipinski definition) is 4. The van der Waals surface area contributed by atoms with Crippen LogP contribution < -0.4 is 4.74 Å². The number of benzene rings is 2. The molecule has 0 aliphatic rings. The molecule has 0 atom stereocenters. The molecule has 26 heavy (non-hydrogen) atoms. The van der Waals surface area contributed by atoms with Gasteiger partial charge in [0.1, 0.15) is 29.3 Å². The fraction of sp³-hybridized carbons (Fsp3) is 0. The van der Waals surface area contributed by atoms with E-state index in [1.165, 1.54) is 6.07 Å². The standard InChI is InChI=1S/C17H7F4N4O/c18-8-1-3-10(12(20)5-8)15-11-7-22-17(23-16(11)25-24-15)26-14-4-2-9(19)6-13(14)21/h1-6H,(H,22,23,24,25). The molecule has 0 saturated heterocycles. The summed E-state index contributed by atoms with van der Waals surface area (Å²) < 4.78 is 58.7. The van der Waals surface area contributed by atoms with E-state index >= 15 is 0 Å². The highest BCUT2D eigenvalue weighted by Gasteiger charge is 2.16. The van der Waals surface area contributed by atoms with Crippen molar-refractivity contribution in [2.45, 2.75) is 0 Å². The Hall–Kier alpha value is -3.49. The summed E-state index contributed by atoms with van der Waals surface area (Å²) in [7, 11) is 0. The van der Waals surface area contributed by atoms with Crippen molar-refractivity contribution in [3.63, 3.8) is 0 Å². The average Bonchev–Trinajstić information content (AvgIpc) is 3.00. The Morgan fingerprint density at radius 3 is 2.38 bits per heavy atom. The van der Waals surface area contributed by atoms with Crippen LogP contribution in [0.5, 0.6) is 11.8 Å². The lowest BCUT2D eigenvalue weighted by molar-refractivity contribution is 0.409. The van der Waals surface area contributed by atoms with E-state index in [1.807, 2.05) is 0 Å². The molecule has 1 N–H and O–H groups in total. The number of nitrogens with one attached hydrogen (secondary N) is 1. The Bertz CT molecular complexity index is 1130. The third kappa shape index (κ3) is 2.83. The molecule has 0 aliphatic heterocycles. The Morgan fingerprint density at radius 1 is 0.923 bits per heavy atom. The zero-order valence-electron chi connectivity index (χ0n) is 12.7. The first kappa shape index (κ1) is 16.0. The van der Waals surface area contributed by atoms with E-state index in [9.17, 15) is 17.6 Å². The van der Waals surface area contributed by atoms with Gasteiger partial charge in [-0.25, -0.2) is 17.6 Å². The SMILES string of the molecule is Fc1ccc(Oc2n[c]c3c(-c4ccc(F)cc4F)n[nH]c3n2)c(F)c1. The van der Waals surface area contributed by atoms with Gasteiger partial charge in [0.2, 0.25) is 0 Å². The molecule has 4 rings (SSSR count). The minimum atomic E-state index is -0.924. The molecule has 129 valence electrons. The van der Waals surface area contributed by atoms with E-state index in [4.69, 9.17) is 4.74 Å². The minimum absolute atomic E-state index is 0.0377. The van der Waals surface area contributed by atoms with E-state index in [-0.39, 0.29) is 34.1 Å². The van der Waals surface area contributed by atoms with Gasteiger partial charge < -0.3 is 4.74 Å². The Morgan fingerprint density at radius 2 is 1.65 bits per heavy atom. The number of rotatable bonds is 3. The van der Waals surface area contributed by atoms with Crippen LogP contribution in [0.1, 0.15) is 0 Å². The van der Waals surface area contributed by atoms with Gasteiger partial charge in [-0.15, -0.1) is 0 Å². The van der Waals surface area contributed by atoms with E-state index in [1.54, 1.807) is 0 Å². The Labute approximate surface area is 143 Å². The summed E-state index contributed by atoms with van der Waals surface area (Å²) in [5.41, 5.74) is 0.323. The van der Waals surface area contributed by atoms with Crippen LogP contribution in [0.4, 0.5) is 17.6 Å². The van der Waals surface area contributed by atoms with Gasteiger partial charge >= 0.3 is 6.01 Å². The van der Waals surface area contributed by atoms with E-state index in [2.05, 4.69) is 26.4 Å². The number of nitrogens with zero attached hydrogens (tertiary/aromatic N) is 3. The number of fused-ring (bicyclic) bond motifs is 1. The molecule has 0 aliphatic carbocycles. The second-order valence-electron chi connectivity index (χ2n) is 5.21. The molecule has 4 aromatic rings. The van der Waals surface area contributed by atoms with Gasteiger partial charge in [0, 0.05) is 17.7 Å².